The average Bonchev–Trinajstić information content (AvgIpc) is 3.18. The molecular formula is C15H16N2O4S. The monoisotopic (exact) mass is 320 g/mol. The Bertz CT molecular complexity index is 666. The van der Waals surface area contributed by atoms with Gasteiger partial charge in [0.2, 0.25) is 5.91 Å². The molecule has 2 amide bonds. The number of hydrogen-bond donors (Lipinski definition) is 3. The maximum absolute atomic E-state index is 12.3. The van der Waals surface area contributed by atoms with Gasteiger partial charge in [-0.2, -0.15) is 0 Å². The van der Waals surface area contributed by atoms with Gasteiger partial charge in [-0.25, -0.2) is 0 Å². The number of rotatable bonds is 3. The summed E-state index contributed by atoms with van der Waals surface area (Å²) in [5, 5.41) is 11.0. The minimum atomic E-state index is -0.961. The molecule has 1 heterocycles. The van der Waals surface area contributed by atoms with Gasteiger partial charge in [-0.3, -0.25) is 25.2 Å². The summed E-state index contributed by atoms with van der Waals surface area (Å²) < 4.78 is 0. The number of allylic oxidation sites excluding steroid dienone is 2. The molecule has 22 heavy (non-hydrogen) atoms. The maximum Gasteiger partial charge on any atom is 0.307 e. The number of carboxylic acid groups (broad SMARTS) is 1. The van der Waals surface area contributed by atoms with Crippen molar-refractivity contribution >= 4 is 29.1 Å². The van der Waals surface area contributed by atoms with Crippen LogP contribution >= 0.6 is 11.3 Å². The number of aliphatic carboxylic acids is 1. The van der Waals surface area contributed by atoms with Crippen LogP contribution in [0.25, 0.3) is 0 Å². The molecule has 3 rings (SSSR count). The van der Waals surface area contributed by atoms with Crippen molar-refractivity contribution in [3.63, 3.8) is 0 Å². The summed E-state index contributed by atoms with van der Waals surface area (Å²) in [6.07, 6.45) is 4.46. The van der Waals surface area contributed by atoms with E-state index in [-0.39, 0.29) is 11.8 Å². The SMILES string of the molecule is Cc1cc(C(=O)NNC(=O)[C@H]2[C@H](C(=O)O)[C@H]3C=C[C@H]2C3)cs1. The van der Waals surface area contributed by atoms with Crippen LogP contribution in [0.1, 0.15) is 21.7 Å². The lowest BCUT2D eigenvalue weighted by Gasteiger charge is -2.23. The minimum absolute atomic E-state index is 0.0635. The van der Waals surface area contributed by atoms with E-state index in [0.29, 0.717) is 12.0 Å². The number of fused-ring (bicyclic) bond motifs is 2. The summed E-state index contributed by atoms with van der Waals surface area (Å²) in [5.41, 5.74) is 5.21. The van der Waals surface area contributed by atoms with E-state index < -0.39 is 29.6 Å². The summed E-state index contributed by atoms with van der Waals surface area (Å²) in [7, 11) is 0. The largest absolute Gasteiger partial charge is 0.481 e. The Balaban J connectivity index is 1.63. The smallest absolute Gasteiger partial charge is 0.307 e. The maximum atomic E-state index is 12.3. The van der Waals surface area contributed by atoms with Crippen LogP contribution in [0.2, 0.25) is 0 Å². The predicted molar refractivity (Wildman–Crippen MR) is 80.0 cm³/mol. The van der Waals surface area contributed by atoms with Crippen molar-refractivity contribution in [1.29, 1.82) is 0 Å². The Morgan fingerprint density at radius 3 is 2.45 bits per heavy atom. The van der Waals surface area contributed by atoms with Crippen LogP contribution in [-0.4, -0.2) is 22.9 Å². The third-order valence-electron chi connectivity index (χ3n) is 4.34. The fourth-order valence-corrected chi connectivity index (χ4v) is 4.04. The second-order valence-electron chi connectivity index (χ2n) is 5.73. The Kier molecular flexibility index (Phi) is 3.74. The molecule has 2 bridgehead atoms. The van der Waals surface area contributed by atoms with E-state index in [1.807, 2.05) is 19.1 Å². The molecule has 0 saturated heterocycles. The molecule has 116 valence electrons. The molecule has 1 aromatic heterocycles. The number of hydrogen-bond acceptors (Lipinski definition) is 4. The Morgan fingerprint density at radius 1 is 1.18 bits per heavy atom. The number of carboxylic acids is 1. The Morgan fingerprint density at radius 2 is 1.86 bits per heavy atom. The van der Waals surface area contributed by atoms with Crippen LogP contribution in [0.5, 0.6) is 0 Å². The van der Waals surface area contributed by atoms with E-state index in [9.17, 15) is 19.5 Å². The standard InChI is InChI=1S/C15H16N2O4S/c1-7-4-10(6-22-7)13(18)16-17-14(19)11-8-2-3-9(5-8)12(11)15(20)21/h2-4,6,8-9,11-12H,5H2,1H3,(H,16,18)(H,17,19)(H,20,21)/t8-,9-,11+,12+/m0/s1. The first-order chi connectivity index (χ1) is 10.5. The van der Waals surface area contributed by atoms with Crippen LogP contribution in [0.15, 0.2) is 23.6 Å². The second-order valence-corrected chi connectivity index (χ2v) is 6.84. The first kappa shape index (κ1) is 14.8. The lowest BCUT2D eigenvalue weighted by molar-refractivity contribution is -0.148. The molecule has 2 aliphatic rings. The number of hydrazine groups is 1. The average molecular weight is 320 g/mol. The molecule has 0 unspecified atom stereocenters. The first-order valence-corrected chi connectivity index (χ1v) is 7.92. The van der Waals surface area contributed by atoms with E-state index in [4.69, 9.17) is 0 Å². The molecule has 4 atom stereocenters. The van der Waals surface area contributed by atoms with Crippen LogP contribution in [0.3, 0.4) is 0 Å². The molecule has 7 heteroatoms. The number of nitrogens with one attached hydrogen (secondary N) is 2. The highest BCUT2D eigenvalue weighted by Gasteiger charge is 2.51. The Labute approximate surface area is 131 Å². The van der Waals surface area contributed by atoms with Crippen molar-refractivity contribution in [2.75, 3.05) is 0 Å². The van der Waals surface area contributed by atoms with Gasteiger partial charge in [0.05, 0.1) is 17.4 Å². The predicted octanol–water partition coefficient (Wildman–Crippen LogP) is 1.34. The summed E-state index contributed by atoms with van der Waals surface area (Å²) in [4.78, 5) is 36.5. The fraction of sp³-hybridized carbons (Fsp3) is 0.400. The third-order valence-corrected chi connectivity index (χ3v) is 5.20. The number of carbonyl (C=O) groups is 3. The molecule has 0 aliphatic heterocycles. The molecular weight excluding hydrogens is 304 g/mol. The third kappa shape index (κ3) is 2.52. The number of amides is 2. The van der Waals surface area contributed by atoms with E-state index >= 15 is 0 Å². The van der Waals surface area contributed by atoms with Crippen molar-refractivity contribution in [2.24, 2.45) is 23.7 Å². The number of thiophene rings is 1. The van der Waals surface area contributed by atoms with Crippen LogP contribution in [0, 0.1) is 30.6 Å². The van der Waals surface area contributed by atoms with E-state index in [1.54, 1.807) is 11.4 Å². The van der Waals surface area contributed by atoms with E-state index in [2.05, 4.69) is 10.9 Å². The summed E-state index contributed by atoms with van der Waals surface area (Å²) in [5.74, 6) is -3.29. The van der Waals surface area contributed by atoms with Gasteiger partial charge < -0.3 is 5.11 Å². The zero-order chi connectivity index (χ0) is 15.9. The lowest BCUT2D eigenvalue weighted by Crippen LogP contribution is -2.48. The fourth-order valence-electron chi connectivity index (χ4n) is 3.35. The molecule has 1 fully saturated rings. The molecule has 6 nitrogen and oxygen atoms in total. The highest BCUT2D eigenvalue weighted by Crippen LogP contribution is 2.48. The van der Waals surface area contributed by atoms with Gasteiger partial charge in [0, 0.05) is 10.3 Å². The molecule has 1 saturated carbocycles. The van der Waals surface area contributed by atoms with Gasteiger partial charge in [0.25, 0.3) is 5.91 Å². The minimum Gasteiger partial charge on any atom is -0.481 e. The molecule has 3 N–H and O–H groups in total. The summed E-state index contributed by atoms with van der Waals surface area (Å²) >= 11 is 1.45. The first-order valence-electron chi connectivity index (χ1n) is 7.04. The molecule has 2 aliphatic carbocycles. The van der Waals surface area contributed by atoms with Crippen molar-refractivity contribution in [1.82, 2.24) is 10.9 Å². The highest BCUT2D eigenvalue weighted by molar-refractivity contribution is 7.10. The molecule has 0 radical (unpaired) electrons. The van der Waals surface area contributed by atoms with Gasteiger partial charge >= 0.3 is 5.97 Å². The van der Waals surface area contributed by atoms with Gasteiger partial charge in [0.1, 0.15) is 0 Å². The number of aryl methyl sites for hydroxylation is 1. The van der Waals surface area contributed by atoms with Crippen molar-refractivity contribution in [3.8, 4) is 0 Å². The second kappa shape index (κ2) is 5.57. The van der Waals surface area contributed by atoms with Gasteiger partial charge in [-0.05, 0) is 31.2 Å². The van der Waals surface area contributed by atoms with Gasteiger partial charge in [0.15, 0.2) is 0 Å². The van der Waals surface area contributed by atoms with Gasteiger partial charge in [-0.1, -0.05) is 12.2 Å². The topological polar surface area (TPSA) is 95.5 Å². The summed E-state index contributed by atoms with van der Waals surface area (Å²) in [6, 6.07) is 1.73. The van der Waals surface area contributed by atoms with Crippen LogP contribution in [-0.2, 0) is 9.59 Å². The zero-order valence-electron chi connectivity index (χ0n) is 11.9. The molecule has 1 aromatic rings. The van der Waals surface area contributed by atoms with Crippen LogP contribution < -0.4 is 10.9 Å². The molecule has 0 spiro atoms. The molecule has 0 aromatic carbocycles. The van der Waals surface area contributed by atoms with Crippen molar-refractivity contribution in [2.45, 2.75) is 13.3 Å². The van der Waals surface area contributed by atoms with Crippen LogP contribution in [0.4, 0.5) is 0 Å². The highest BCUT2D eigenvalue weighted by atomic mass is 32.1. The van der Waals surface area contributed by atoms with Crippen molar-refractivity contribution in [3.05, 3.63) is 34.0 Å². The van der Waals surface area contributed by atoms with Gasteiger partial charge in [-0.15, -0.1) is 11.3 Å². The quantitative estimate of drug-likeness (QED) is 0.578. The van der Waals surface area contributed by atoms with E-state index in [0.717, 1.165) is 4.88 Å². The normalized spacial score (nSPS) is 28.6. The zero-order valence-corrected chi connectivity index (χ0v) is 12.7. The van der Waals surface area contributed by atoms with E-state index in [1.165, 1.54) is 11.3 Å². The summed E-state index contributed by atoms with van der Waals surface area (Å²) in [6.45, 7) is 1.89. The lowest BCUT2D eigenvalue weighted by atomic mass is 9.82. The van der Waals surface area contributed by atoms with Crippen molar-refractivity contribution < 1.29 is 19.5 Å². The Hall–Kier alpha value is -2.15. The number of carbonyl (C=O) groups excluding carboxylic acids is 2.